The zero-order valence-electron chi connectivity index (χ0n) is 17.3. The molecular weight excluding hydrogens is 444 g/mol. The molecule has 3 aromatic carbocycles. The summed E-state index contributed by atoms with van der Waals surface area (Å²) in [5, 5.41) is 29.2. The van der Waals surface area contributed by atoms with Gasteiger partial charge in [-0.05, 0) is 23.3 Å². The largest absolute Gasteiger partial charge is 0.271 e. The Morgan fingerprint density at radius 3 is 1.41 bits per heavy atom. The van der Waals surface area contributed by atoms with Crippen molar-refractivity contribution in [2.24, 2.45) is 10.2 Å². The molecular formula is C22H16N6O6. The molecule has 3 rings (SSSR count). The molecule has 2 N–H and O–H groups in total. The number of hydrazone groups is 2. The molecule has 2 amide bonds. The lowest BCUT2D eigenvalue weighted by molar-refractivity contribution is -0.385. The Kier molecular flexibility index (Phi) is 7.47. The van der Waals surface area contributed by atoms with Crippen molar-refractivity contribution in [2.45, 2.75) is 0 Å². The van der Waals surface area contributed by atoms with Gasteiger partial charge < -0.3 is 0 Å². The van der Waals surface area contributed by atoms with E-state index in [1.165, 1.54) is 48.8 Å². The van der Waals surface area contributed by atoms with Gasteiger partial charge >= 0.3 is 0 Å². The highest BCUT2D eigenvalue weighted by Gasteiger charge is 2.11. The maximum atomic E-state index is 12.1. The molecule has 34 heavy (non-hydrogen) atoms. The highest BCUT2D eigenvalue weighted by Crippen LogP contribution is 2.13. The smallest absolute Gasteiger partial charge is 0.267 e. The van der Waals surface area contributed by atoms with Crippen LogP contribution in [0.15, 0.2) is 83.0 Å². The molecule has 0 aliphatic heterocycles. The number of non-ortho nitro benzene ring substituents is 2. The molecule has 0 heterocycles. The van der Waals surface area contributed by atoms with E-state index in [4.69, 9.17) is 0 Å². The molecule has 0 aromatic heterocycles. The summed E-state index contributed by atoms with van der Waals surface area (Å²) in [6, 6.07) is 17.3. The van der Waals surface area contributed by atoms with E-state index in [2.05, 4.69) is 21.1 Å². The van der Waals surface area contributed by atoms with Gasteiger partial charge in [0.1, 0.15) is 0 Å². The van der Waals surface area contributed by atoms with E-state index in [9.17, 15) is 29.8 Å². The minimum absolute atomic E-state index is 0.102. The van der Waals surface area contributed by atoms with Crippen LogP contribution in [0.5, 0.6) is 0 Å². The number of benzene rings is 3. The highest BCUT2D eigenvalue weighted by molar-refractivity contribution is 5.96. The van der Waals surface area contributed by atoms with Crippen LogP contribution in [0, 0.1) is 20.2 Å². The van der Waals surface area contributed by atoms with Crippen molar-refractivity contribution in [1.82, 2.24) is 10.9 Å². The predicted molar refractivity (Wildman–Crippen MR) is 123 cm³/mol. The van der Waals surface area contributed by atoms with E-state index in [-0.39, 0.29) is 22.5 Å². The summed E-state index contributed by atoms with van der Waals surface area (Å²) in [6.07, 6.45) is 2.78. The first-order chi connectivity index (χ1) is 16.3. The molecule has 12 heteroatoms. The predicted octanol–water partition coefficient (Wildman–Crippen LogP) is 3.03. The van der Waals surface area contributed by atoms with Gasteiger partial charge in [-0.1, -0.05) is 36.4 Å². The third-order valence-corrected chi connectivity index (χ3v) is 4.33. The van der Waals surface area contributed by atoms with Crippen LogP contribution in [0.1, 0.15) is 31.8 Å². The lowest BCUT2D eigenvalue weighted by Crippen LogP contribution is -2.17. The fraction of sp³-hybridized carbons (Fsp3) is 0. The van der Waals surface area contributed by atoms with Crippen LogP contribution in [0.2, 0.25) is 0 Å². The topological polar surface area (TPSA) is 169 Å². The number of hydrogen-bond donors (Lipinski definition) is 2. The second-order valence-electron chi connectivity index (χ2n) is 6.68. The number of carbonyl (C=O) groups is 2. The van der Waals surface area contributed by atoms with E-state index >= 15 is 0 Å². The molecule has 0 unspecified atom stereocenters. The van der Waals surface area contributed by atoms with Gasteiger partial charge in [0.25, 0.3) is 23.2 Å². The minimum atomic E-state index is -0.594. The molecule has 0 saturated carbocycles. The fourth-order valence-corrected chi connectivity index (χ4v) is 2.65. The Morgan fingerprint density at radius 2 is 1.06 bits per heavy atom. The molecule has 0 radical (unpaired) electrons. The third kappa shape index (κ3) is 6.37. The van der Waals surface area contributed by atoms with Crippen molar-refractivity contribution >= 4 is 35.6 Å². The molecule has 0 aliphatic carbocycles. The van der Waals surface area contributed by atoms with Crippen molar-refractivity contribution in [1.29, 1.82) is 0 Å². The Bertz CT molecular complexity index is 1200. The standard InChI is InChI=1S/C22H16N6O6/c29-21(17-3-1-5-19(11-17)27(31)32)25-23-13-15-7-9-16(10-8-15)14-24-26-22(30)18-4-2-6-20(12-18)28(33)34/h1-14H,(H,25,29)(H,26,30)/b23-13-,24-14-. The first kappa shape index (κ1) is 23.4. The van der Waals surface area contributed by atoms with Crippen LogP contribution in [0.25, 0.3) is 0 Å². The number of hydrogen-bond acceptors (Lipinski definition) is 8. The quantitative estimate of drug-likeness (QED) is 0.297. The average molecular weight is 460 g/mol. The second-order valence-corrected chi connectivity index (χ2v) is 6.68. The number of amides is 2. The first-order valence-electron chi connectivity index (χ1n) is 9.59. The summed E-state index contributed by atoms with van der Waals surface area (Å²) < 4.78 is 0. The summed E-state index contributed by atoms with van der Waals surface area (Å²) in [7, 11) is 0. The van der Waals surface area contributed by atoms with Gasteiger partial charge in [0.05, 0.1) is 22.3 Å². The van der Waals surface area contributed by atoms with E-state index in [1.54, 1.807) is 24.3 Å². The normalized spacial score (nSPS) is 10.8. The molecule has 0 aliphatic rings. The molecule has 12 nitrogen and oxygen atoms in total. The van der Waals surface area contributed by atoms with Crippen LogP contribution in [0.4, 0.5) is 11.4 Å². The van der Waals surface area contributed by atoms with Crippen molar-refractivity contribution < 1.29 is 19.4 Å². The van der Waals surface area contributed by atoms with E-state index in [1.807, 2.05) is 0 Å². The summed E-state index contributed by atoms with van der Waals surface area (Å²) in [5.41, 5.74) is 5.69. The van der Waals surface area contributed by atoms with Crippen LogP contribution in [-0.2, 0) is 0 Å². The zero-order valence-corrected chi connectivity index (χ0v) is 17.3. The maximum Gasteiger partial charge on any atom is 0.271 e. The summed E-state index contributed by atoms with van der Waals surface area (Å²) in [4.78, 5) is 44.5. The number of rotatable bonds is 8. The van der Waals surface area contributed by atoms with Crippen molar-refractivity contribution in [3.05, 3.63) is 115 Å². The zero-order chi connectivity index (χ0) is 24.5. The van der Waals surface area contributed by atoms with Crippen LogP contribution < -0.4 is 10.9 Å². The number of carbonyl (C=O) groups excluding carboxylic acids is 2. The van der Waals surface area contributed by atoms with Crippen molar-refractivity contribution in [2.75, 3.05) is 0 Å². The molecule has 0 fully saturated rings. The number of nitro benzene ring substituents is 2. The SMILES string of the molecule is O=C(N/N=C\c1ccc(/C=N\NC(=O)c2cccc([N+](=O)[O-])c2)cc1)c1cccc([N+](=O)[O-])c1. The van der Waals surface area contributed by atoms with Crippen LogP contribution >= 0.6 is 0 Å². The van der Waals surface area contributed by atoms with E-state index in [0.29, 0.717) is 11.1 Å². The number of nitrogens with one attached hydrogen (secondary N) is 2. The van der Waals surface area contributed by atoms with Gasteiger partial charge in [0.15, 0.2) is 0 Å². The maximum absolute atomic E-state index is 12.1. The summed E-state index contributed by atoms with van der Waals surface area (Å²) in [5.74, 6) is -1.19. The Balaban J connectivity index is 1.53. The Morgan fingerprint density at radius 1 is 0.676 bits per heavy atom. The first-order valence-corrected chi connectivity index (χ1v) is 9.59. The average Bonchev–Trinajstić information content (AvgIpc) is 2.85. The molecule has 0 spiro atoms. The van der Waals surface area contributed by atoms with Gasteiger partial charge in [0, 0.05) is 35.4 Å². The fourth-order valence-electron chi connectivity index (χ4n) is 2.65. The minimum Gasteiger partial charge on any atom is -0.267 e. The molecule has 0 saturated heterocycles. The molecule has 0 bridgehead atoms. The van der Waals surface area contributed by atoms with Gasteiger partial charge in [-0.25, -0.2) is 10.9 Å². The van der Waals surface area contributed by atoms with Crippen LogP contribution in [-0.4, -0.2) is 34.1 Å². The number of nitro groups is 2. The van der Waals surface area contributed by atoms with Crippen molar-refractivity contribution in [3.63, 3.8) is 0 Å². The van der Waals surface area contributed by atoms with E-state index in [0.717, 1.165) is 12.1 Å². The van der Waals surface area contributed by atoms with Gasteiger partial charge in [-0.2, -0.15) is 10.2 Å². The van der Waals surface area contributed by atoms with Gasteiger partial charge in [-0.15, -0.1) is 0 Å². The molecule has 0 atom stereocenters. The van der Waals surface area contributed by atoms with Gasteiger partial charge in [-0.3, -0.25) is 29.8 Å². The monoisotopic (exact) mass is 460 g/mol. The van der Waals surface area contributed by atoms with Crippen molar-refractivity contribution in [3.8, 4) is 0 Å². The number of nitrogens with zero attached hydrogens (tertiary/aromatic N) is 4. The van der Waals surface area contributed by atoms with E-state index < -0.39 is 21.7 Å². The highest BCUT2D eigenvalue weighted by atomic mass is 16.6. The Labute approximate surface area is 191 Å². The Hall–Kier alpha value is -5.26. The van der Waals surface area contributed by atoms with Gasteiger partial charge in [0.2, 0.25) is 0 Å². The molecule has 170 valence electrons. The van der Waals surface area contributed by atoms with Crippen LogP contribution in [0.3, 0.4) is 0 Å². The molecule has 3 aromatic rings. The lowest BCUT2D eigenvalue weighted by Gasteiger charge is -2.01. The lowest BCUT2D eigenvalue weighted by atomic mass is 10.2. The second kappa shape index (κ2) is 10.9. The summed E-state index contributed by atoms with van der Waals surface area (Å²) in [6.45, 7) is 0. The third-order valence-electron chi connectivity index (χ3n) is 4.33. The summed E-state index contributed by atoms with van der Waals surface area (Å²) >= 11 is 0.